The average Bonchev–Trinajstić information content (AvgIpc) is 3.19. The van der Waals surface area contributed by atoms with E-state index in [-0.39, 0.29) is 11.9 Å². The fourth-order valence-corrected chi connectivity index (χ4v) is 2.97. The number of aromatic nitrogens is 3. The zero-order chi connectivity index (χ0) is 16.4. The Morgan fingerprint density at radius 2 is 2.43 bits per heavy atom. The number of H-pyrrole nitrogens is 1. The van der Waals surface area contributed by atoms with Crippen molar-refractivity contribution in [3.63, 3.8) is 0 Å². The summed E-state index contributed by atoms with van der Waals surface area (Å²) in [5.74, 6) is 1.05. The van der Waals surface area contributed by atoms with Gasteiger partial charge in [-0.3, -0.25) is 5.10 Å². The van der Waals surface area contributed by atoms with Crippen molar-refractivity contribution in [2.24, 2.45) is 5.10 Å². The average molecular weight is 399 g/mol. The highest BCUT2D eigenvalue weighted by Crippen LogP contribution is 2.35. The lowest BCUT2D eigenvalue weighted by Crippen LogP contribution is -2.05. The largest absolute Gasteiger partial charge is 0.503 e. The first kappa shape index (κ1) is 16.2. The van der Waals surface area contributed by atoms with Gasteiger partial charge in [-0.2, -0.15) is 14.9 Å². The summed E-state index contributed by atoms with van der Waals surface area (Å²) in [6.07, 6.45) is 3.37. The van der Waals surface area contributed by atoms with E-state index in [1.807, 2.05) is 0 Å². The summed E-state index contributed by atoms with van der Waals surface area (Å²) in [7, 11) is 1.49. The van der Waals surface area contributed by atoms with Gasteiger partial charge in [0.15, 0.2) is 17.3 Å². The van der Waals surface area contributed by atoms with E-state index in [1.165, 1.54) is 7.11 Å². The highest BCUT2D eigenvalue weighted by Gasteiger charge is 2.23. The van der Waals surface area contributed by atoms with Crippen LogP contribution in [-0.4, -0.2) is 39.9 Å². The van der Waals surface area contributed by atoms with Gasteiger partial charge in [0.1, 0.15) is 6.10 Å². The first-order chi connectivity index (χ1) is 11.1. The highest BCUT2D eigenvalue weighted by molar-refractivity contribution is 9.10. The smallest absolute Gasteiger partial charge is 0.216 e. The molecule has 0 amide bonds. The number of benzene rings is 1. The second-order valence-electron chi connectivity index (χ2n) is 4.96. The minimum Gasteiger partial charge on any atom is -0.503 e. The van der Waals surface area contributed by atoms with Crippen molar-refractivity contribution < 1.29 is 14.6 Å². The quantitative estimate of drug-likeness (QED) is 0.610. The van der Waals surface area contributed by atoms with Crippen LogP contribution in [0.25, 0.3) is 0 Å². The number of ether oxygens (including phenoxy) is 2. The van der Waals surface area contributed by atoms with Gasteiger partial charge in [-0.25, -0.2) is 0 Å². The molecular weight excluding hydrogens is 384 g/mol. The Labute approximate surface area is 146 Å². The molecule has 23 heavy (non-hydrogen) atoms. The van der Waals surface area contributed by atoms with E-state index in [0.29, 0.717) is 33.0 Å². The molecule has 1 atom stereocenters. The maximum absolute atomic E-state index is 10.0. The molecule has 1 fully saturated rings. The van der Waals surface area contributed by atoms with Crippen molar-refractivity contribution in [2.75, 3.05) is 13.7 Å². The molecule has 0 bridgehead atoms. The van der Waals surface area contributed by atoms with E-state index >= 15 is 0 Å². The molecular formula is C14H15BrN4O3S. The van der Waals surface area contributed by atoms with Crippen molar-refractivity contribution in [2.45, 2.75) is 18.9 Å². The number of halogens is 1. The molecule has 1 aromatic heterocycles. The Hall–Kier alpha value is -1.71. The predicted octanol–water partition coefficient (Wildman–Crippen LogP) is 3.15. The maximum Gasteiger partial charge on any atom is 0.216 e. The van der Waals surface area contributed by atoms with Crippen LogP contribution in [0.5, 0.6) is 11.5 Å². The Bertz CT molecular complexity index is 796. The standard InChI is InChI=1S/C14H15BrN4O3S/c1-21-9-5-4-8(11(15)12(9)20)7-16-19-13(17-18-14(19)23)10-3-2-6-22-10/h4-5,7,10,20H,2-3,6H2,1H3,(H,18,23)/b16-7-. The summed E-state index contributed by atoms with van der Waals surface area (Å²) >= 11 is 8.55. The number of phenols is 1. The number of nitrogens with zero attached hydrogens (tertiary/aromatic N) is 3. The molecule has 2 N–H and O–H groups in total. The number of methoxy groups -OCH3 is 1. The monoisotopic (exact) mass is 398 g/mol. The van der Waals surface area contributed by atoms with Gasteiger partial charge >= 0.3 is 0 Å². The normalized spacial score (nSPS) is 17.9. The van der Waals surface area contributed by atoms with Crippen LogP contribution in [0, 0.1) is 4.77 Å². The van der Waals surface area contributed by atoms with Gasteiger partial charge < -0.3 is 14.6 Å². The molecule has 1 saturated heterocycles. The molecule has 7 nitrogen and oxygen atoms in total. The van der Waals surface area contributed by atoms with Crippen molar-refractivity contribution in [1.82, 2.24) is 14.9 Å². The number of aromatic hydroxyl groups is 1. The van der Waals surface area contributed by atoms with Gasteiger partial charge in [-0.05, 0) is 53.1 Å². The van der Waals surface area contributed by atoms with Crippen molar-refractivity contribution in [3.8, 4) is 11.5 Å². The minimum atomic E-state index is -0.104. The lowest BCUT2D eigenvalue weighted by Gasteiger charge is -2.08. The second kappa shape index (κ2) is 6.81. The predicted molar refractivity (Wildman–Crippen MR) is 90.7 cm³/mol. The summed E-state index contributed by atoms with van der Waals surface area (Å²) in [6.45, 7) is 0.714. The van der Waals surface area contributed by atoms with Crippen molar-refractivity contribution in [1.29, 1.82) is 0 Å². The summed E-state index contributed by atoms with van der Waals surface area (Å²) in [4.78, 5) is 0. The summed E-state index contributed by atoms with van der Waals surface area (Å²) in [6, 6.07) is 3.44. The van der Waals surface area contributed by atoms with Crippen LogP contribution in [0.2, 0.25) is 0 Å². The highest BCUT2D eigenvalue weighted by atomic mass is 79.9. The molecule has 0 saturated carbocycles. The molecule has 1 unspecified atom stereocenters. The Kier molecular flexibility index (Phi) is 4.79. The third-order valence-corrected chi connectivity index (χ3v) is 4.63. The van der Waals surface area contributed by atoms with E-state index in [9.17, 15) is 5.11 Å². The summed E-state index contributed by atoms with van der Waals surface area (Å²) < 4.78 is 13.1. The molecule has 2 heterocycles. The third kappa shape index (κ3) is 3.17. The Balaban J connectivity index is 1.93. The summed E-state index contributed by atoms with van der Waals surface area (Å²) in [5.41, 5.74) is 0.685. The Morgan fingerprint density at radius 1 is 1.61 bits per heavy atom. The van der Waals surface area contributed by atoms with Gasteiger partial charge in [-0.1, -0.05) is 0 Å². The van der Waals surface area contributed by atoms with Crippen LogP contribution in [0.1, 0.15) is 30.3 Å². The van der Waals surface area contributed by atoms with Crippen LogP contribution in [0.15, 0.2) is 21.7 Å². The van der Waals surface area contributed by atoms with Crippen molar-refractivity contribution in [3.05, 3.63) is 32.8 Å². The van der Waals surface area contributed by atoms with E-state index < -0.39 is 0 Å². The maximum atomic E-state index is 10.0. The lowest BCUT2D eigenvalue weighted by molar-refractivity contribution is 0.102. The van der Waals surface area contributed by atoms with E-state index in [4.69, 9.17) is 21.7 Å². The molecule has 0 aliphatic carbocycles. The van der Waals surface area contributed by atoms with Gasteiger partial charge in [0, 0.05) is 12.2 Å². The van der Waals surface area contributed by atoms with E-state index in [0.717, 1.165) is 12.8 Å². The molecule has 1 aliphatic heterocycles. The van der Waals surface area contributed by atoms with Gasteiger partial charge in [0.05, 0.1) is 17.8 Å². The van der Waals surface area contributed by atoms with Gasteiger partial charge in [-0.15, -0.1) is 0 Å². The number of aromatic amines is 1. The topological polar surface area (TPSA) is 84.7 Å². The molecule has 2 aromatic rings. The molecule has 1 aromatic carbocycles. The SMILES string of the molecule is COc1ccc(/C=N\n2c(C3CCCO3)n[nH]c2=S)c(Br)c1O. The van der Waals surface area contributed by atoms with Crippen LogP contribution in [0.3, 0.4) is 0 Å². The molecule has 0 spiro atoms. The molecule has 0 radical (unpaired) electrons. The van der Waals surface area contributed by atoms with Crippen molar-refractivity contribution >= 4 is 34.4 Å². The summed E-state index contributed by atoms with van der Waals surface area (Å²) in [5, 5.41) is 21.3. The van der Waals surface area contributed by atoms with Crippen LogP contribution >= 0.6 is 28.1 Å². The molecule has 9 heteroatoms. The molecule has 1 aliphatic rings. The minimum absolute atomic E-state index is 0.0200. The zero-order valence-electron chi connectivity index (χ0n) is 12.3. The number of hydrogen-bond donors (Lipinski definition) is 2. The van der Waals surface area contributed by atoms with Crippen LogP contribution < -0.4 is 4.74 Å². The number of nitrogens with one attached hydrogen (secondary N) is 1. The van der Waals surface area contributed by atoms with Crippen LogP contribution in [0.4, 0.5) is 0 Å². The third-order valence-electron chi connectivity index (χ3n) is 3.53. The molecule has 122 valence electrons. The zero-order valence-corrected chi connectivity index (χ0v) is 14.7. The van der Waals surface area contributed by atoms with Crippen LogP contribution in [-0.2, 0) is 4.74 Å². The fraction of sp³-hybridized carbons (Fsp3) is 0.357. The lowest BCUT2D eigenvalue weighted by atomic mass is 10.2. The Morgan fingerprint density at radius 3 is 3.13 bits per heavy atom. The first-order valence-electron chi connectivity index (χ1n) is 7.00. The fourth-order valence-electron chi connectivity index (χ4n) is 2.35. The van der Waals surface area contributed by atoms with Gasteiger partial charge in [0.25, 0.3) is 0 Å². The van der Waals surface area contributed by atoms with E-state index in [1.54, 1.807) is 23.0 Å². The second-order valence-corrected chi connectivity index (χ2v) is 6.14. The first-order valence-corrected chi connectivity index (χ1v) is 8.20. The van der Waals surface area contributed by atoms with Gasteiger partial charge in [0.2, 0.25) is 4.77 Å². The van der Waals surface area contributed by atoms with E-state index in [2.05, 4.69) is 31.2 Å². The molecule has 3 rings (SSSR count). The number of phenolic OH excluding ortho intramolecular Hbond substituents is 1. The number of hydrogen-bond acceptors (Lipinski definition) is 6. The number of rotatable bonds is 4.